The summed E-state index contributed by atoms with van der Waals surface area (Å²) < 4.78 is 26.9. The Morgan fingerprint density at radius 3 is 2.21 bits per heavy atom. The first kappa shape index (κ1) is 18.4. The summed E-state index contributed by atoms with van der Waals surface area (Å²) in [5.74, 6) is -0.536. The fourth-order valence-corrected chi connectivity index (χ4v) is 3.81. The van der Waals surface area contributed by atoms with Gasteiger partial charge in [0.2, 0.25) is 15.9 Å². The summed E-state index contributed by atoms with van der Waals surface area (Å²) in [5.41, 5.74) is 6.19. The Hall–Kier alpha value is -1.89. The lowest BCUT2D eigenvalue weighted by atomic mass is 10.1. The van der Waals surface area contributed by atoms with Crippen LogP contribution in [0.4, 0.5) is 0 Å². The highest BCUT2D eigenvalue weighted by molar-refractivity contribution is 7.89. The molecule has 0 unspecified atom stereocenters. The van der Waals surface area contributed by atoms with E-state index in [1.54, 1.807) is 0 Å². The third-order valence-electron chi connectivity index (χ3n) is 3.55. The first-order valence-electron chi connectivity index (χ1n) is 7.47. The van der Waals surface area contributed by atoms with Crippen LogP contribution in [0.1, 0.15) is 12.0 Å². The van der Waals surface area contributed by atoms with E-state index in [1.807, 2.05) is 30.3 Å². The van der Waals surface area contributed by atoms with Gasteiger partial charge in [-0.3, -0.25) is 4.79 Å². The number of primary amides is 1. The molecule has 0 saturated heterocycles. The number of nitrogens with two attached hydrogens (primary N) is 1. The van der Waals surface area contributed by atoms with Gasteiger partial charge in [-0.15, -0.1) is 0 Å². The van der Waals surface area contributed by atoms with E-state index in [4.69, 9.17) is 17.3 Å². The van der Waals surface area contributed by atoms with Gasteiger partial charge in [0.05, 0.1) is 4.90 Å². The Balaban J connectivity index is 2.20. The summed E-state index contributed by atoms with van der Waals surface area (Å²) >= 11 is 5.82. The zero-order valence-electron chi connectivity index (χ0n) is 13.1. The predicted octanol–water partition coefficient (Wildman–Crippen LogP) is 2.45. The molecule has 5 nitrogen and oxygen atoms in total. The lowest BCUT2D eigenvalue weighted by molar-refractivity contribution is -0.118. The maximum Gasteiger partial charge on any atom is 0.243 e. The van der Waals surface area contributed by atoms with Crippen molar-refractivity contribution >= 4 is 27.5 Å². The average molecular weight is 367 g/mol. The minimum atomic E-state index is -3.72. The summed E-state index contributed by atoms with van der Waals surface area (Å²) in [6.07, 6.45) is 0.522. The molecular formula is C17H19ClN2O3S. The summed E-state index contributed by atoms with van der Waals surface area (Å²) in [6, 6.07) is 15.5. The number of carbonyl (C=O) groups excluding carboxylic acids is 1. The molecule has 0 aliphatic rings. The molecule has 2 rings (SSSR count). The molecule has 0 radical (unpaired) electrons. The molecule has 0 aliphatic carbocycles. The van der Waals surface area contributed by atoms with Gasteiger partial charge in [-0.1, -0.05) is 41.9 Å². The smallest absolute Gasteiger partial charge is 0.243 e. The number of amides is 1. The largest absolute Gasteiger partial charge is 0.370 e. The van der Waals surface area contributed by atoms with Gasteiger partial charge < -0.3 is 5.73 Å². The highest BCUT2D eigenvalue weighted by Gasteiger charge is 2.24. The summed E-state index contributed by atoms with van der Waals surface area (Å²) in [7, 11) is -3.72. The Morgan fingerprint density at radius 2 is 1.62 bits per heavy atom. The number of hydrogen-bond acceptors (Lipinski definition) is 3. The van der Waals surface area contributed by atoms with Crippen molar-refractivity contribution in [3.8, 4) is 0 Å². The van der Waals surface area contributed by atoms with Crippen molar-refractivity contribution in [2.45, 2.75) is 17.7 Å². The maximum atomic E-state index is 12.8. The zero-order valence-corrected chi connectivity index (χ0v) is 14.6. The van der Waals surface area contributed by atoms with Gasteiger partial charge in [0.25, 0.3) is 0 Å². The number of nitrogens with zero attached hydrogens (tertiary/aromatic N) is 1. The Morgan fingerprint density at radius 1 is 1.00 bits per heavy atom. The van der Waals surface area contributed by atoms with Crippen LogP contribution >= 0.6 is 11.6 Å². The molecule has 0 aliphatic heterocycles. The minimum Gasteiger partial charge on any atom is -0.370 e. The maximum absolute atomic E-state index is 12.8. The molecule has 0 saturated carbocycles. The van der Waals surface area contributed by atoms with E-state index in [0.717, 1.165) is 5.56 Å². The molecule has 128 valence electrons. The van der Waals surface area contributed by atoms with Crippen LogP contribution in [-0.2, 0) is 21.2 Å². The van der Waals surface area contributed by atoms with E-state index in [-0.39, 0.29) is 24.4 Å². The second-order valence-electron chi connectivity index (χ2n) is 5.31. The van der Waals surface area contributed by atoms with Crippen LogP contribution in [0.25, 0.3) is 0 Å². The highest BCUT2D eigenvalue weighted by Crippen LogP contribution is 2.19. The number of carbonyl (C=O) groups is 1. The molecule has 2 aromatic carbocycles. The lowest BCUT2D eigenvalue weighted by Gasteiger charge is -2.22. The Labute approximate surface area is 147 Å². The van der Waals surface area contributed by atoms with E-state index >= 15 is 0 Å². The Kier molecular flexibility index (Phi) is 6.36. The summed E-state index contributed by atoms with van der Waals surface area (Å²) in [6.45, 7) is 0.315. The van der Waals surface area contributed by atoms with Crippen molar-refractivity contribution in [2.24, 2.45) is 5.73 Å². The zero-order chi connectivity index (χ0) is 17.6. The van der Waals surface area contributed by atoms with Gasteiger partial charge in [-0.2, -0.15) is 4.31 Å². The first-order valence-corrected chi connectivity index (χ1v) is 9.29. The third-order valence-corrected chi connectivity index (χ3v) is 5.72. The van der Waals surface area contributed by atoms with Crippen LogP contribution < -0.4 is 5.73 Å². The Bertz CT molecular complexity index is 777. The fourth-order valence-electron chi connectivity index (χ4n) is 2.24. The molecule has 7 heteroatoms. The monoisotopic (exact) mass is 366 g/mol. The van der Waals surface area contributed by atoms with Gasteiger partial charge >= 0.3 is 0 Å². The number of hydrogen-bond donors (Lipinski definition) is 1. The van der Waals surface area contributed by atoms with Crippen LogP contribution in [0.2, 0.25) is 5.02 Å². The molecular weight excluding hydrogens is 348 g/mol. The van der Waals surface area contributed by atoms with E-state index in [1.165, 1.54) is 28.6 Å². The van der Waals surface area contributed by atoms with E-state index in [2.05, 4.69) is 0 Å². The molecule has 0 fully saturated rings. The van der Waals surface area contributed by atoms with Crippen LogP contribution in [-0.4, -0.2) is 31.7 Å². The minimum absolute atomic E-state index is 0.0262. The quantitative estimate of drug-likeness (QED) is 0.779. The summed E-state index contributed by atoms with van der Waals surface area (Å²) in [5, 5.41) is 0.460. The second-order valence-corrected chi connectivity index (χ2v) is 7.68. The second kappa shape index (κ2) is 8.28. The highest BCUT2D eigenvalue weighted by atomic mass is 35.5. The van der Waals surface area contributed by atoms with E-state index in [9.17, 15) is 13.2 Å². The first-order chi connectivity index (χ1) is 11.4. The molecule has 0 heterocycles. The van der Waals surface area contributed by atoms with Crippen molar-refractivity contribution in [1.82, 2.24) is 4.31 Å². The molecule has 0 atom stereocenters. The SMILES string of the molecule is NC(=O)CCN(CCc1ccccc1)S(=O)(=O)c1ccc(Cl)cc1. The topological polar surface area (TPSA) is 80.5 Å². The van der Waals surface area contributed by atoms with Gasteiger partial charge in [0, 0.05) is 24.5 Å². The molecule has 1 amide bonds. The van der Waals surface area contributed by atoms with Crippen LogP contribution in [0.3, 0.4) is 0 Å². The van der Waals surface area contributed by atoms with Crippen molar-refractivity contribution in [2.75, 3.05) is 13.1 Å². The van der Waals surface area contributed by atoms with E-state index < -0.39 is 15.9 Å². The van der Waals surface area contributed by atoms with Crippen LogP contribution in [0, 0.1) is 0 Å². The standard InChI is InChI=1S/C17H19ClN2O3S/c18-15-6-8-16(9-7-15)24(22,23)20(13-11-17(19)21)12-10-14-4-2-1-3-5-14/h1-9H,10-13H2,(H2,19,21). The number of rotatable bonds is 8. The van der Waals surface area contributed by atoms with Gasteiger partial charge in [-0.05, 0) is 36.2 Å². The predicted molar refractivity (Wildman–Crippen MR) is 94.2 cm³/mol. The van der Waals surface area contributed by atoms with Crippen molar-refractivity contribution in [3.05, 3.63) is 65.2 Å². The molecule has 0 spiro atoms. The van der Waals surface area contributed by atoms with Crippen molar-refractivity contribution in [1.29, 1.82) is 0 Å². The van der Waals surface area contributed by atoms with Crippen molar-refractivity contribution < 1.29 is 13.2 Å². The third kappa shape index (κ3) is 5.06. The normalized spacial score (nSPS) is 11.6. The lowest BCUT2D eigenvalue weighted by Crippen LogP contribution is -2.35. The number of halogens is 1. The fraction of sp³-hybridized carbons (Fsp3) is 0.235. The van der Waals surface area contributed by atoms with Crippen LogP contribution in [0.5, 0.6) is 0 Å². The van der Waals surface area contributed by atoms with Gasteiger partial charge in [0.15, 0.2) is 0 Å². The molecule has 2 N–H and O–H groups in total. The molecule has 0 bridgehead atoms. The van der Waals surface area contributed by atoms with Crippen molar-refractivity contribution in [3.63, 3.8) is 0 Å². The van der Waals surface area contributed by atoms with E-state index in [0.29, 0.717) is 11.4 Å². The molecule has 0 aromatic heterocycles. The number of benzene rings is 2. The van der Waals surface area contributed by atoms with Gasteiger partial charge in [0.1, 0.15) is 0 Å². The van der Waals surface area contributed by atoms with Crippen LogP contribution in [0.15, 0.2) is 59.5 Å². The average Bonchev–Trinajstić information content (AvgIpc) is 2.55. The van der Waals surface area contributed by atoms with Gasteiger partial charge in [-0.25, -0.2) is 8.42 Å². The summed E-state index contributed by atoms with van der Waals surface area (Å²) in [4.78, 5) is 11.2. The number of sulfonamides is 1. The molecule has 24 heavy (non-hydrogen) atoms. The molecule has 2 aromatic rings.